The number of amides is 1. The Morgan fingerprint density at radius 1 is 1.33 bits per heavy atom. The fourth-order valence-electron chi connectivity index (χ4n) is 3.88. The van der Waals surface area contributed by atoms with E-state index in [9.17, 15) is 9.59 Å². The van der Waals surface area contributed by atoms with Gasteiger partial charge in [-0.2, -0.15) is 0 Å². The number of carbonyl (C=O) groups is 1. The van der Waals surface area contributed by atoms with Gasteiger partial charge in [0.2, 0.25) is 11.5 Å². The fourth-order valence-corrected chi connectivity index (χ4v) is 3.88. The van der Waals surface area contributed by atoms with E-state index in [1.165, 1.54) is 4.40 Å². The number of nitrogens with one attached hydrogen (secondary N) is 1. The predicted molar refractivity (Wildman–Crippen MR) is 114 cm³/mol. The first-order chi connectivity index (χ1) is 14.5. The summed E-state index contributed by atoms with van der Waals surface area (Å²) in [7, 11) is 1.55. The van der Waals surface area contributed by atoms with E-state index in [-0.39, 0.29) is 17.0 Å². The van der Waals surface area contributed by atoms with Gasteiger partial charge in [-0.3, -0.25) is 18.9 Å². The van der Waals surface area contributed by atoms with Gasteiger partial charge in [0.25, 0.3) is 17.1 Å². The Hall–Kier alpha value is -3.04. The number of nitrogens with two attached hydrogens (primary N) is 1. The molecule has 3 aromatic heterocycles. The Labute approximate surface area is 174 Å². The number of ether oxygens (including phenoxy) is 1. The highest BCUT2D eigenvalue weighted by molar-refractivity contribution is 6.00. The molecule has 158 valence electrons. The molecule has 9 nitrogen and oxygen atoms in total. The molecular formula is C21H27N6O3+. The maximum atomic E-state index is 13.2. The highest BCUT2D eigenvalue weighted by Crippen LogP contribution is 2.15. The van der Waals surface area contributed by atoms with Crippen LogP contribution in [0.4, 0.5) is 5.82 Å². The Kier molecular flexibility index (Phi) is 5.65. The summed E-state index contributed by atoms with van der Waals surface area (Å²) < 4.78 is 8.71. The number of nitrogens with zero attached hydrogens (tertiary/aromatic N) is 4. The zero-order valence-electron chi connectivity index (χ0n) is 17.4. The molecule has 0 aliphatic carbocycles. The lowest BCUT2D eigenvalue weighted by Crippen LogP contribution is -2.44. The molecular weight excluding hydrogens is 384 g/mol. The maximum Gasteiger partial charge on any atom is 0.278 e. The minimum atomic E-state index is -0.329. The molecule has 1 amide bonds. The van der Waals surface area contributed by atoms with Gasteiger partial charge >= 0.3 is 0 Å². The van der Waals surface area contributed by atoms with E-state index in [0.29, 0.717) is 29.0 Å². The maximum absolute atomic E-state index is 13.2. The second kappa shape index (κ2) is 8.37. The molecule has 0 atom stereocenters. The van der Waals surface area contributed by atoms with Crippen LogP contribution in [0.25, 0.3) is 16.7 Å². The van der Waals surface area contributed by atoms with Crippen molar-refractivity contribution >= 4 is 28.4 Å². The molecule has 1 aliphatic heterocycles. The van der Waals surface area contributed by atoms with Gasteiger partial charge < -0.3 is 15.8 Å². The van der Waals surface area contributed by atoms with Crippen LogP contribution in [0.1, 0.15) is 22.3 Å². The van der Waals surface area contributed by atoms with Crippen molar-refractivity contribution < 1.29 is 14.1 Å². The highest BCUT2D eigenvalue weighted by Gasteiger charge is 2.24. The van der Waals surface area contributed by atoms with Crippen LogP contribution in [-0.2, 0) is 11.3 Å². The molecule has 0 aromatic carbocycles. The van der Waals surface area contributed by atoms with Crippen LogP contribution in [0.3, 0.4) is 0 Å². The molecule has 0 spiro atoms. The summed E-state index contributed by atoms with van der Waals surface area (Å²) in [5, 5.41) is 2.98. The molecule has 4 rings (SSSR count). The molecule has 4 heterocycles. The number of hydrogen-bond acceptors (Lipinski definition) is 6. The van der Waals surface area contributed by atoms with Gasteiger partial charge in [-0.15, -0.1) is 0 Å². The minimum Gasteiger partial charge on any atom is -0.379 e. The molecule has 30 heavy (non-hydrogen) atoms. The largest absolute Gasteiger partial charge is 0.379 e. The molecule has 0 unspecified atom stereocenters. The van der Waals surface area contributed by atoms with E-state index in [2.05, 4.69) is 10.2 Å². The van der Waals surface area contributed by atoms with Crippen molar-refractivity contribution in [3.8, 4) is 0 Å². The molecule has 0 bridgehead atoms. The number of anilines is 1. The van der Waals surface area contributed by atoms with Crippen molar-refractivity contribution in [3.05, 3.63) is 45.9 Å². The van der Waals surface area contributed by atoms with Gasteiger partial charge in [-0.25, -0.2) is 4.57 Å². The van der Waals surface area contributed by atoms with Gasteiger partial charge in [0.15, 0.2) is 0 Å². The lowest BCUT2D eigenvalue weighted by Gasteiger charge is -2.26. The Bertz CT molecular complexity index is 1170. The zero-order valence-corrected chi connectivity index (χ0v) is 17.4. The Balaban J connectivity index is 1.81. The van der Waals surface area contributed by atoms with Gasteiger partial charge in [0, 0.05) is 32.9 Å². The smallest absolute Gasteiger partial charge is 0.278 e. The second-order valence-electron chi connectivity index (χ2n) is 7.57. The van der Waals surface area contributed by atoms with Crippen LogP contribution in [0.15, 0.2) is 29.2 Å². The first kappa shape index (κ1) is 20.2. The SMILES string of the molecule is CNC(=O)c1cc2c(=O)n3cc(C)ccc3nc2[n+](CCCN2CCOCC2)c1N. The zero-order chi connectivity index (χ0) is 21.3. The van der Waals surface area contributed by atoms with Crippen molar-refractivity contribution in [1.29, 1.82) is 0 Å². The van der Waals surface area contributed by atoms with E-state index in [1.54, 1.807) is 23.9 Å². The van der Waals surface area contributed by atoms with Crippen LogP contribution >= 0.6 is 0 Å². The summed E-state index contributed by atoms with van der Waals surface area (Å²) in [6, 6.07) is 5.28. The van der Waals surface area contributed by atoms with Crippen molar-refractivity contribution in [2.75, 3.05) is 45.6 Å². The van der Waals surface area contributed by atoms with E-state index in [4.69, 9.17) is 15.5 Å². The molecule has 1 saturated heterocycles. The molecule has 3 N–H and O–H groups in total. The van der Waals surface area contributed by atoms with E-state index in [1.807, 2.05) is 19.1 Å². The third-order valence-electron chi connectivity index (χ3n) is 5.53. The average Bonchev–Trinajstić information content (AvgIpc) is 2.76. The molecule has 1 fully saturated rings. The van der Waals surface area contributed by atoms with Gasteiger partial charge in [0.1, 0.15) is 10.9 Å². The first-order valence-electron chi connectivity index (χ1n) is 10.2. The molecule has 0 radical (unpaired) electrons. The summed E-state index contributed by atoms with van der Waals surface area (Å²) in [5.41, 5.74) is 8.44. The molecule has 9 heteroatoms. The third-order valence-corrected chi connectivity index (χ3v) is 5.53. The number of carbonyl (C=O) groups excluding carboxylic acids is 1. The van der Waals surface area contributed by atoms with Crippen molar-refractivity contribution in [2.24, 2.45) is 0 Å². The second-order valence-corrected chi connectivity index (χ2v) is 7.57. The fraction of sp³-hybridized carbons (Fsp3) is 0.429. The lowest BCUT2D eigenvalue weighted by atomic mass is 10.1. The normalized spacial score (nSPS) is 15.0. The summed E-state index contributed by atoms with van der Waals surface area (Å²) in [6.45, 7) is 6.65. The number of rotatable bonds is 5. The highest BCUT2D eigenvalue weighted by atomic mass is 16.5. The van der Waals surface area contributed by atoms with Gasteiger partial charge in [0.05, 0.1) is 19.8 Å². The third kappa shape index (κ3) is 3.73. The summed E-state index contributed by atoms with van der Waals surface area (Å²) in [5.74, 6) is -0.0164. The minimum absolute atomic E-state index is 0.217. The molecule has 1 aliphatic rings. The predicted octanol–water partition coefficient (Wildman–Crippen LogP) is 0.108. The average molecular weight is 411 g/mol. The number of fused-ring (bicyclic) bond motifs is 2. The number of aryl methyl sites for hydroxylation is 2. The van der Waals surface area contributed by atoms with E-state index < -0.39 is 0 Å². The van der Waals surface area contributed by atoms with Crippen molar-refractivity contribution in [3.63, 3.8) is 0 Å². The van der Waals surface area contributed by atoms with Crippen LogP contribution in [-0.4, -0.2) is 60.1 Å². The summed E-state index contributed by atoms with van der Waals surface area (Å²) in [4.78, 5) is 32.7. The molecule has 3 aromatic rings. The standard InChI is InChI=1S/C21H26N6O3/c1-14-4-5-17-24-19-16(21(29)27(17)13-14)12-15(20(28)23-2)18(22)26(19)7-3-6-25-8-10-30-11-9-25/h4-5,12-13,22H,3,6-11H2,1-2H3,(H,23,28)/p+1. The van der Waals surface area contributed by atoms with Crippen molar-refractivity contribution in [2.45, 2.75) is 19.9 Å². The monoisotopic (exact) mass is 411 g/mol. The topological polar surface area (TPSA) is 106 Å². The van der Waals surface area contributed by atoms with Crippen LogP contribution in [0.5, 0.6) is 0 Å². The number of pyridine rings is 2. The first-order valence-corrected chi connectivity index (χ1v) is 10.2. The number of morpholine rings is 1. The number of aromatic nitrogens is 3. The quantitative estimate of drug-likeness (QED) is 0.456. The number of hydrogen-bond donors (Lipinski definition) is 2. The van der Waals surface area contributed by atoms with Gasteiger partial charge in [-0.05, 0) is 31.0 Å². The summed E-state index contributed by atoms with van der Waals surface area (Å²) in [6.07, 6.45) is 2.57. The number of nitrogen functional groups attached to an aromatic ring is 1. The van der Waals surface area contributed by atoms with Crippen LogP contribution in [0, 0.1) is 6.92 Å². The molecule has 0 saturated carbocycles. The lowest BCUT2D eigenvalue weighted by molar-refractivity contribution is -0.659. The van der Waals surface area contributed by atoms with Gasteiger partial charge in [-0.1, -0.05) is 11.1 Å². The Morgan fingerprint density at radius 2 is 2.10 bits per heavy atom. The Morgan fingerprint density at radius 3 is 2.83 bits per heavy atom. The van der Waals surface area contributed by atoms with E-state index >= 15 is 0 Å². The van der Waals surface area contributed by atoms with Crippen molar-refractivity contribution in [1.82, 2.24) is 19.6 Å². The van der Waals surface area contributed by atoms with Crippen LogP contribution < -0.4 is 21.2 Å². The van der Waals surface area contributed by atoms with Crippen LogP contribution in [0.2, 0.25) is 0 Å². The van der Waals surface area contributed by atoms with E-state index in [0.717, 1.165) is 44.8 Å². The summed E-state index contributed by atoms with van der Waals surface area (Å²) >= 11 is 0.